The van der Waals surface area contributed by atoms with Crippen LogP contribution in [0.3, 0.4) is 0 Å². The molecule has 0 radical (unpaired) electrons. The predicted molar refractivity (Wildman–Crippen MR) is 130 cm³/mol. The standard InChI is InChI=1S/C26H33N3O6/c1-17(2)21-12-22(24(31)13-23(21)30)26(33)29-14-18-3-4-20(11-19(18)15-29)35-8-5-27-25(32)16-28-6-9-34-10-7-28/h3-4,11-13,17,30-31H,5-10,14-16H2,1-2H3,(H,27,32). The van der Waals surface area contributed by atoms with Gasteiger partial charge in [-0.2, -0.15) is 0 Å². The molecule has 2 aliphatic heterocycles. The first kappa shape index (κ1) is 24.8. The quantitative estimate of drug-likeness (QED) is 0.494. The average Bonchev–Trinajstić information content (AvgIpc) is 3.25. The van der Waals surface area contributed by atoms with E-state index < -0.39 is 0 Å². The van der Waals surface area contributed by atoms with Crippen LogP contribution < -0.4 is 10.1 Å². The summed E-state index contributed by atoms with van der Waals surface area (Å²) in [6, 6.07) is 8.51. The number of nitrogens with one attached hydrogen (secondary N) is 1. The number of phenols is 2. The third-order valence-corrected chi connectivity index (χ3v) is 6.35. The van der Waals surface area contributed by atoms with Crippen LogP contribution in [-0.4, -0.2) is 77.8 Å². The summed E-state index contributed by atoms with van der Waals surface area (Å²) >= 11 is 0. The molecule has 188 valence electrons. The van der Waals surface area contributed by atoms with E-state index in [0.29, 0.717) is 57.3 Å². The van der Waals surface area contributed by atoms with Gasteiger partial charge < -0.3 is 29.9 Å². The van der Waals surface area contributed by atoms with E-state index in [1.165, 1.54) is 6.07 Å². The van der Waals surface area contributed by atoms with Gasteiger partial charge in [0.1, 0.15) is 23.9 Å². The highest BCUT2D eigenvalue weighted by atomic mass is 16.5. The Morgan fingerprint density at radius 1 is 1.06 bits per heavy atom. The Balaban J connectivity index is 1.29. The topological polar surface area (TPSA) is 112 Å². The number of carbonyl (C=O) groups excluding carboxylic acids is 2. The Morgan fingerprint density at radius 2 is 1.80 bits per heavy atom. The summed E-state index contributed by atoms with van der Waals surface area (Å²) in [5.41, 5.74) is 2.81. The largest absolute Gasteiger partial charge is 0.508 e. The van der Waals surface area contributed by atoms with E-state index in [2.05, 4.69) is 10.2 Å². The van der Waals surface area contributed by atoms with E-state index in [1.807, 2.05) is 32.0 Å². The number of carbonyl (C=O) groups is 2. The first-order valence-electron chi connectivity index (χ1n) is 12.0. The van der Waals surface area contributed by atoms with E-state index in [1.54, 1.807) is 11.0 Å². The lowest BCUT2D eigenvalue weighted by Crippen LogP contribution is -2.43. The van der Waals surface area contributed by atoms with Crippen LogP contribution in [0.2, 0.25) is 0 Å². The summed E-state index contributed by atoms with van der Waals surface area (Å²) < 4.78 is 11.1. The maximum atomic E-state index is 13.1. The van der Waals surface area contributed by atoms with Gasteiger partial charge in [0.2, 0.25) is 5.91 Å². The molecule has 0 aromatic heterocycles. The number of aromatic hydroxyl groups is 2. The third-order valence-electron chi connectivity index (χ3n) is 6.35. The molecule has 0 bridgehead atoms. The van der Waals surface area contributed by atoms with Gasteiger partial charge in [-0.05, 0) is 40.8 Å². The van der Waals surface area contributed by atoms with Crippen LogP contribution in [0.4, 0.5) is 0 Å². The van der Waals surface area contributed by atoms with Crippen molar-refractivity contribution in [3.05, 3.63) is 52.6 Å². The Hall–Kier alpha value is -3.30. The van der Waals surface area contributed by atoms with E-state index in [4.69, 9.17) is 9.47 Å². The number of fused-ring (bicyclic) bond motifs is 1. The van der Waals surface area contributed by atoms with Crippen LogP contribution in [-0.2, 0) is 22.6 Å². The van der Waals surface area contributed by atoms with Crippen molar-refractivity contribution in [2.75, 3.05) is 46.0 Å². The van der Waals surface area contributed by atoms with Crippen LogP contribution in [0.1, 0.15) is 46.8 Å². The van der Waals surface area contributed by atoms with Crippen molar-refractivity contribution >= 4 is 11.8 Å². The maximum absolute atomic E-state index is 13.1. The molecule has 4 rings (SSSR count). The smallest absolute Gasteiger partial charge is 0.258 e. The van der Waals surface area contributed by atoms with Crippen LogP contribution in [0.5, 0.6) is 17.2 Å². The number of nitrogens with zero attached hydrogens (tertiary/aromatic N) is 2. The van der Waals surface area contributed by atoms with E-state index in [0.717, 1.165) is 24.2 Å². The van der Waals surface area contributed by atoms with Crippen LogP contribution in [0, 0.1) is 0 Å². The molecule has 2 amide bonds. The molecule has 0 aliphatic carbocycles. The summed E-state index contributed by atoms with van der Waals surface area (Å²) in [4.78, 5) is 28.9. The molecule has 2 heterocycles. The number of ether oxygens (including phenoxy) is 2. The van der Waals surface area contributed by atoms with Crippen molar-refractivity contribution in [3.63, 3.8) is 0 Å². The van der Waals surface area contributed by atoms with Gasteiger partial charge in [0.15, 0.2) is 0 Å². The van der Waals surface area contributed by atoms with Crippen molar-refractivity contribution in [1.82, 2.24) is 15.1 Å². The highest BCUT2D eigenvalue weighted by molar-refractivity contribution is 5.97. The molecule has 0 atom stereocenters. The van der Waals surface area contributed by atoms with Crippen LogP contribution in [0.15, 0.2) is 30.3 Å². The van der Waals surface area contributed by atoms with Gasteiger partial charge in [-0.15, -0.1) is 0 Å². The van der Waals surface area contributed by atoms with E-state index >= 15 is 0 Å². The molecule has 1 fully saturated rings. The second-order valence-corrected chi connectivity index (χ2v) is 9.26. The van der Waals surface area contributed by atoms with Crippen LogP contribution >= 0.6 is 0 Å². The lowest BCUT2D eigenvalue weighted by molar-refractivity contribution is -0.123. The average molecular weight is 484 g/mol. The zero-order chi connectivity index (χ0) is 24.9. The molecule has 0 spiro atoms. The molecule has 2 aromatic rings. The van der Waals surface area contributed by atoms with Crippen molar-refractivity contribution in [1.29, 1.82) is 0 Å². The molecule has 35 heavy (non-hydrogen) atoms. The summed E-state index contributed by atoms with van der Waals surface area (Å²) in [5.74, 6) is 0.130. The van der Waals surface area contributed by atoms with Gasteiger partial charge in [0.05, 0.1) is 31.9 Å². The lowest BCUT2D eigenvalue weighted by atomic mass is 9.98. The second-order valence-electron chi connectivity index (χ2n) is 9.26. The van der Waals surface area contributed by atoms with Crippen molar-refractivity contribution in [2.45, 2.75) is 32.9 Å². The first-order valence-corrected chi connectivity index (χ1v) is 12.0. The van der Waals surface area contributed by atoms with Gasteiger partial charge >= 0.3 is 0 Å². The Kier molecular flexibility index (Phi) is 7.77. The molecule has 9 nitrogen and oxygen atoms in total. The van der Waals surface area contributed by atoms with Gasteiger partial charge in [-0.3, -0.25) is 14.5 Å². The molecule has 9 heteroatoms. The fourth-order valence-electron chi connectivity index (χ4n) is 4.38. The predicted octanol–water partition coefficient (Wildman–Crippen LogP) is 2.20. The van der Waals surface area contributed by atoms with Crippen LogP contribution in [0.25, 0.3) is 0 Å². The van der Waals surface area contributed by atoms with Gasteiger partial charge in [0.25, 0.3) is 5.91 Å². The normalized spacial score (nSPS) is 15.8. The molecule has 2 aromatic carbocycles. The zero-order valence-corrected chi connectivity index (χ0v) is 20.2. The molecule has 0 unspecified atom stereocenters. The number of morpholine rings is 1. The molecular weight excluding hydrogens is 450 g/mol. The van der Waals surface area contributed by atoms with Gasteiger partial charge in [0, 0.05) is 32.2 Å². The first-order chi connectivity index (χ1) is 16.8. The summed E-state index contributed by atoms with van der Waals surface area (Å²) in [6.45, 7) is 8.64. The maximum Gasteiger partial charge on any atom is 0.258 e. The minimum absolute atomic E-state index is 0.0155. The number of hydrogen-bond acceptors (Lipinski definition) is 7. The summed E-state index contributed by atoms with van der Waals surface area (Å²) in [7, 11) is 0. The Labute approximate surface area is 205 Å². The van der Waals surface area contributed by atoms with Gasteiger partial charge in [-0.25, -0.2) is 0 Å². The molecule has 3 N–H and O–H groups in total. The van der Waals surface area contributed by atoms with E-state index in [-0.39, 0.29) is 34.8 Å². The highest BCUT2D eigenvalue weighted by Gasteiger charge is 2.27. The molecular formula is C26H33N3O6. The Bertz CT molecular complexity index is 1080. The molecule has 1 saturated heterocycles. The van der Waals surface area contributed by atoms with Crippen molar-refractivity contribution < 1.29 is 29.3 Å². The second kappa shape index (κ2) is 11.0. The zero-order valence-electron chi connectivity index (χ0n) is 20.2. The lowest BCUT2D eigenvalue weighted by Gasteiger charge is -2.25. The summed E-state index contributed by atoms with van der Waals surface area (Å²) in [5, 5.41) is 23.2. The number of rotatable bonds is 8. The number of amides is 2. The minimum atomic E-state index is -0.286. The number of phenolic OH excluding ortho intramolecular Hbond substituents is 2. The molecule has 2 aliphatic rings. The third kappa shape index (κ3) is 6.04. The van der Waals surface area contributed by atoms with Gasteiger partial charge in [-0.1, -0.05) is 19.9 Å². The number of benzene rings is 2. The minimum Gasteiger partial charge on any atom is -0.508 e. The highest BCUT2D eigenvalue weighted by Crippen LogP contribution is 2.35. The fourth-order valence-corrected chi connectivity index (χ4v) is 4.38. The Morgan fingerprint density at radius 3 is 2.54 bits per heavy atom. The summed E-state index contributed by atoms with van der Waals surface area (Å²) in [6.07, 6.45) is 0. The van der Waals surface area contributed by atoms with E-state index in [9.17, 15) is 19.8 Å². The van der Waals surface area contributed by atoms with Crippen molar-refractivity contribution in [3.8, 4) is 17.2 Å². The van der Waals surface area contributed by atoms with Crippen molar-refractivity contribution in [2.24, 2.45) is 0 Å². The fraction of sp³-hybridized carbons (Fsp3) is 0.462. The SMILES string of the molecule is CC(C)c1cc(C(=O)N2Cc3ccc(OCCNC(=O)CN4CCOCC4)cc3C2)c(O)cc1O. The monoisotopic (exact) mass is 483 g/mol. The molecule has 0 saturated carbocycles. The number of hydrogen-bond donors (Lipinski definition) is 3.